The van der Waals surface area contributed by atoms with E-state index in [0.717, 1.165) is 50.5 Å². The number of nitrogens with zero attached hydrogens (tertiary/aromatic N) is 3. The molecule has 0 bridgehead atoms. The third-order valence-electron chi connectivity index (χ3n) is 5.91. The zero-order valence-electron chi connectivity index (χ0n) is 17.4. The summed E-state index contributed by atoms with van der Waals surface area (Å²) in [5.74, 6) is 2.89. The van der Waals surface area contributed by atoms with Crippen molar-refractivity contribution in [3.8, 4) is 11.5 Å². The van der Waals surface area contributed by atoms with Gasteiger partial charge in [-0.2, -0.15) is 4.98 Å². The summed E-state index contributed by atoms with van der Waals surface area (Å²) >= 11 is 0. The predicted molar refractivity (Wildman–Crippen MR) is 105 cm³/mol. The average Bonchev–Trinajstić information content (AvgIpc) is 3.20. The molecule has 1 spiro atoms. The molecule has 2 aliphatic heterocycles. The number of ether oxygens (including phenoxy) is 4. The first-order valence-corrected chi connectivity index (χ1v) is 10.1. The lowest BCUT2D eigenvalue weighted by molar-refractivity contribution is -0.0998. The van der Waals surface area contributed by atoms with Gasteiger partial charge in [-0.1, -0.05) is 5.16 Å². The molecule has 1 aromatic carbocycles. The Morgan fingerprint density at radius 2 is 1.86 bits per heavy atom. The van der Waals surface area contributed by atoms with Crippen LogP contribution >= 0.6 is 0 Å². The molecule has 8 heteroatoms. The van der Waals surface area contributed by atoms with Crippen LogP contribution < -0.4 is 9.47 Å². The van der Waals surface area contributed by atoms with E-state index >= 15 is 0 Å². The molecule has 1 fully saturated rings. The molecular formula is C21H29N3O5. The molecule has 4 rings (SSSR count). The Balaban J connectivity index is 1.45. The Labute approximate surface area is 171 Å². The van der Waals surface area contributed by atoms with Crippen LogP contribution in [0.5, 0.6) is 11.5 Å². The van der Waals surface area contributed by atoms with Gasteiger partial charge in [-0.25, -0.2) is 0 Å². The highest BCUT2D eigenvalue weighted by atomic mass is 16.5. The number of benzene rings is 1. The maximum Gasteiger partial charge on any atom is 0.240 e. The maximum atomic E-state index is 6.36. The lowest BCUT2D eigenvalue weighted by Gasteiger charge is -2.45. The third kappa shape index (κ3) is 4.10. The van der Waals surface area contributed by atoms with E-state index in [1.54, 1.807) is 21.3 Å². The predicted octanol–water partition coefficient (Wildman–Crippen LogP) is 2.34. The van der Waals surface area contributed by atoms with Crippen molar-refractivity contribution in [2.24, 2.45) is 0 Å². The maximum absolute atomic E-state index is 6.36. The number of aromatic nitrogens is 2. The van der Waals surface area contributed by atoms with Crippen molar-refractivity contribution in [1.29, 1.82) is 0 Å². The summed E-state index contributed by atoms with van der Waals surface area (Å²) in [6, 6.07) is 4.20. The molecule has 0 saturated carbocycles. The van der Waals surface area contributed by atoms with Gasteiger partial charge in [0.05, 0.1) is 39.6 Å². The third-order valence-corrected chi connectivity index (χ3v) is 5.91. The highest BCUT2D eigenvalue weighted by molar-refractivity contribution is 5.50. The number of hydrogen-bond donors (Lipinski definition) is 0. The SMILES string of the molecule is COCCc1noc(CN2CCC3(CC2)OCCc2cc(OC)c(OC)cc23)n1. The Hall–Kier alpha value is -2.16. The molecule has 8 nitrogen and oxygen atoms in total. The zero-order chi connectivity index (χ0) is 20.3. The van der Waals surface area contributed by atoms with Gasteiger partial charge >= 0.3 is 0 Å². The van der Waals surface area contributed by atoms with E-state index < -0.39 is 0 Å². The molecule has 1 saturated heterocycles. The summed E-state index contributed by atoms with van der Waals surface area (Å²) in [5.41, 5.74) is 2.27. The van der Waals surface area contributed by atoms with E-state index in [4.69, 9.17) is 23.5 Å². The zero-order valence-corrected chi connectivity index (χ0v) is 17.4. The molecule has 0 N–H and O–H groups in total. The molecule has 29 heavy (non-hydrogen) atoms. The second-order valence-electron chi connectivity index (χ2n) is 7.58. The van der Waals surface area contributed by atoms with E-state index in [9.17, 15) is 0 Å². The number of piperidine rings is 1. The van der Waals surface area contributed by atoms with Crippen molar-refractivity contribution in [1.82, 2.24) is 15.0 Å². The Morgan fingerprint density at radius 1 is 1.10 bits per heavy atom. The minimum Gasteiger partial charge on any atom is -0.493 e. The van der Waals surface area contributed by atoms with Gasteiger partial charge < -0.3 is 23.5 Å². The standard InChI is InChI=1S/C21H29N3O5/c1-25-10-5-19-22-20(29-23-19)14-24-8-6-21(7-9-24)16-13-18(27-3)17(26-2)12-15(16)4-11-28-21/h12-13H,4-11,14H2,1-3H3. The van der Waals surface area contributed by atoms with Crippen LogP contribution in [0, 0.1) is 0 Å². The fourth-order valence-electron chi connectivity index (χ4n) is 4.31. The first kappa shape index (κ1) is 20.1. The first-order valence-electron chi connectivity index (χ1n) is 10.1. The van der Waals surface area contributed by atoms with Crippen LogP contribution in [-0.2, 0) is 34.5 Å². The molecule has 0 amide bonds. The van der Waals surface area contributed by atoms with E-state index in [1.165, 1.54) is 11.1 Å². The summed E-state index contributed by atoms with van der Waals surface area (Å²) in [6.07, 6.45) is 3.40. The fourth-order valence-corrected chi connectivity index (χ4v) is 4.31. The molecule has 3 heterocycles. The Kier molecular flexibility index (Phi) is 6.03. The van der Waals surface area contributed by atoms with Crippen molar-refractivity contribution >= 4 is 0 Å². The number of fused-ring (bicyclic) bond motifs is 2. The number of likely N-dealkylation sites (tertiary alicyclic amines) is 1. The molecule has 158 valence electrons. The van der Waals surface area contributed by atoms with E-state index in [2.05, 4.69) is 27.2 Å². The number of methoxy groups -OCH3 is 3. The van der Waals surface area contributed by atoms with E-state index in [1.807, 2.05) is 0 Å². The van der Waals surface area contributed by atoms with Crippen molar-refractivity contribution in [3.05, 3.63) is 35.0 Å². The van der Waals surface area contributed by atoms with E-state index in [0.29, 0.717) is 31.3 Å². The molecule has 0 radical (unpaired) electrons. The second kappa shape index (κ2) is 8.69. The van der Waals surface area contributed by atoms with Crippen LogP contribution in [0.1, 0.15) is 35.7 Å². The Bertz CT molecular complexity index is 830. The average molecular weight is 403 g/mol. The van der Waals surface area contributed by atoms with Crippen LogP contribution in [0.2, 0.25) is 0 Å². The largest absolute Gasteiger partial charge is 0.493 e. The normalized spacial score (nSPS) is 18.6. The monoisotopic (exact) mass is 403 g/mol. The van der Waals surface area contributed by atoms with E-state index in [-0.39, 0.29) is 5.60 Å². The lowest BCUT2D eigenvalue weighted by atomic mass is 9.79. The van der Waals surface area contributed by atoms with Gasteiger partial charge in [-0.3, -0.25) is 4.90 Å². The number of hydrogen-bond acceptors (Lipinski definition) is 8. The topological polar surface area (TPSA) is 79.1 Å². The van der Waals surface area contributed by atoms with Gasteiger partial charge in [0.15, 0.2) is 17.3 Å². The summed E-state index contributed by atoms with van der Waals surface area (Å²) in [4.78, 5) is 6.81. The van der Waals surface area contributed by atoms with Gasteiger partial charge in [-0.15, -0.1) is 0 Å². The van der Waals surface area contributed by atoms with Crippen molar-refractivity contribution in [2.45, 2.75) is 37.8 Å². The van der Waals surface area contributed by atoms with Gasteiger partial charge in [0.25, 0.3) is 0 Å². The van der Waals surface area contributed by atoms with Gasteiger partial charge in [0, 0.05) is 26.6 Å². The van der Waals surface area contributed by atoms with Crippen molar-refractivity contribution in [2.75, 3.05) is 47.6 Å². The van der Waals surface area contributed by atoms with Crippen LogP contribution in [0.4, 0.5) is 0 Å². The van der Waals surface area contributed by atoms with Crippen LogP contribution in [0.3, 0.4) is 0 Å². The molecular weight excluding hydrogens is 374 g/mol. The van der Waals surface area contributed by atoms with Crippen LogP contribution in [-0.4, -0.2) is 62.7 Å². The van der Waals surface area contributed by atoms with Crippen LogP contribution in [0.25, 0.3) is 0 Å². The molecule has 2 aromatic rings. The van der Waals surface area contributed by atoms with Gasteiger partial charge in [0.2, 0.25) is 5.89 Å². The van der Waals surface area contributed by atoms with Gasteiger partial charge in [0.1, 0.15) is 0 Å². The smallest absolute Gasteiger partial charge is 0.240 e. The quantitative estimate of drug-likeness (QED) is 0.697. The summed E-state index contributed by atoms with van der Waals surface area (Å²) in [5, 5.41) is 4.02. The molecule has 0 atom stereocenters. The Morgan fingerprint density at radius 3 is 2.59 bits per heavy atom. The molecule has 0 aliphatic carbocycles. The van der Waals surface area contributed by atoms with Crippen LogP contribution in [0.15, 0.2) is 16.7 Å². The molecule has 0 unspecified atom stereocenters. The molecule has 2 aliphatic rings. The minimum atomic E-state index is -0.262. The number of rotatable bonds is 7. The van der Waals surface area contributed by atoms with Crippen molar-refractivity contribution < 1.29 is 23.5 Å². The highest BCUT2D eigenvalue weighted by Crippen LogP contribution is 2.45. The summed E-state index contributed by atoms with van der Waals surface area (Å²) < 4.78 is 27.8. The summed E-state index contributed by atoms with van der Waals surface area (Å²) in [7, 11) is 5.02. The molecule has 1 aromatic heterocycles. The second-order valence-corrected chi connectivity index (χ2v) is 7.58. The first-order chi connectivity index (χ1) is 14.2. The minimum absolute atomic E-state index is 0.262. The highest BCUT2D eigenvalue weighted by Gasteiger charge is 2.41. The van der Waals surface area contributed by atoms with Crippen molar-refractivity contribution in [3.63, 3.8) is 0 Å². The fraction of sp³-hybridized carbons (Fsp3) is 0.619. The lowest BCUT2D eigenvalue weighted by Crippen LogP contribution is -2.46. The van der Waals surface area contributed by atoms with Gasteiger partial charge in [-0.05, 0) is 42.5 Å². The summed E-state index contributed by atoms with van der Waals surface area (Å²) in [6.45, 7) is 3.80.